The van der Waals surface area contributed by atoms with E-state index >= 15 is 0 Å². The number of nitrogens with two attached hydrogens (primary N) is 1. The molecule has 0 radical (unpaired) electrons. The number of aryl methyl sites for hydroxylation is 4. The largest absolute Gasteiger partial charge is 0.494 e. The Balaban J connectivity index is 1.54. The van der Waals surface area contributed by atoms with Crippen LogP contribution in [0, 0.1) is 13.8 Å². The Bertz CT molecular complexity index is 1550. The van der Waals surface area contributed by atoms with Crippen molar-refractivity contribution in [3.8, 4) is 5.75 Å². The number of nitrogens with one attached hydrogen (secondary N) is 2. The number of primary amides is 1. The lowest BCUT2D eigenvalue weighted by Gasteiger charge is -2.16. The summed E-state index contributed by atoms with van der Waals surface area (Å²) in [5.41, 5.74) is 7.80. The zero-order valence-corrected chi connectivity index (χ0v) is 23.0. The summed E-state index contributed by atoms with van der Waals surface area (Å²) in [7, 11) is 3.09. The number of urea groups is 1. The summed E-state index contributed by atoms with van der Waals surface area (Å²) in [5, 5.41) is 13.8. The van der Waals surface area contributed by atoms with Crippen molar-refractivity contribution in [2.45, 2.75) is 46.8 Å². The highest BCUT2D eigenvalue weighted by Crippen LogP contribution is 2.31. The average molecular weight is 553 g/mol. The van der Waals surface area contributed by atoms with Crippen LogP contribution in [0.1, 0.15) is 51.6 Å². The predicted octanol–water partition coefficient (Wildman–Crippen LogP) is 1.84. The number of ether oxygens (including phenoxy) is 1. The number of amides is 4. The molecule has 0 aliphatic rings. The number of nitrogens with zero attached hydrogens (tertiary/aromatic N) is 7. The van der Waals surface area contributed by atoms with Crippen LogP contribution in [0.2, 0.25) is 0 Å². The van der Waals surface area contributed by atoms with Gasteiger partial charge in [-0.1, -0.05) is 5.16 Å². The lowest BCUT2D eigenvalue weighted by atomic mass is 10.1. The number of carbonyl (C=O) groups is 3. The monoisotopic (exact) mass is 552 g/mol. The first-order valence-corrected chi connectivity index (χ1v) is 12.6. The average Bonchev–Trinajstić information content (AvgIpc) is 3.61. The van der Waals surface area contributed by atoms with Gasteiger partial charge in [0.05, 0.1) is 18.3 Å². The molecule has 0 aliphatic heterocycles. The van der Waals surface area contributed by atoms with Gasteiger partial charge < -0.3 is 29.8 Å². The van der Waals surface area contributed by atoms with Crippen molar-refractivity contribution in [1.82, 2.24) is 39.7 Å². The second-order valence-electron chi connectivity index (χ2n) is 9.12. The molecule has 15 heteroatoms. The Morgan fingerprint density at radius 1 is 1.18 bits per heavy atom. The van der Waals surface area contributed by atoms with Crippen LogP contribution in [0.25, 0.3) is 11.0 Å². The zero-order chi connectivity index (χ0) is 29.0. The molecule has 0 aliphatic carbocycles. The molecule has 3 heterocycles. The second-order valence-corrected chi connectivity index (χ2v) is 9.12. The maximum atomic E-state index is 13.2. The Morgan fingerprint density at radius 2 is 1.95 bits per heavy atom. The van der Waals surface area contributed by atoms with Crippen LogP contribution >= 0.6 is 0 Å². The molecule has 1 aromatic carbocycles. The van der Waals surface area contributed by atoms with Crippen molar-refractivity contribution in [3.63, 3.8) is 0 Å². The number of aromatic nitrogens is 6. The van der Waals surface area contributed by atoms with Crippen molar-refractivity contribution in [3.05, 3.63) is 46.9 Å². The summed E-state index contributed by atoms with van der Waals surface area (Å²) in [5.74, 6) is 0.419. The van der Waals surface area contributed by atoms with Gasteiger partial charge in [0.1, 0.15) is 23.5 Å². The van der Waals surface area contributed by atoms with Crippen LogP contribution in [-0.2, 0) is 19.6 Å². The molecule has 40 heavy (non-hydrogen) atoms. The molecule has 0 saturated heterocycles. The van der Waals surface area contributed by atoms with Gasteiger partial charge in [0.15, 0.2) is 5.82 Å². The maximum absolute atomic E-state index is 13.2. The molecule has 0 bridgehead atoms. The summed E-state index contributed by atoms with van der Waals surface area (Å²) < 4.78 is 14.0. The van der Waals surface area contributed by atoms with Gasteiger partial charge in [0.25, 0.3) is 5.91 Å². The van der Waals surface area contributed by atoms with E-state index in [2.05, 4.69) is 30.9 Å². The SMILES string of the molecule is CCn1nc(C)cc1C(=O)Nc1nc2cc(C(N)=O)cc(OC)c2n1CCCNC(=O)N(C)Cc1nc(C)no1. The van der Waals surface area contributed by atoms with Gasteiger partial charge in [-0.3, -0.25) is 19.6 Å². The number of hydrogen-bond acceptors (Lipinski definition) is 9. The number of imidazole rings is 1. The smallest absolute Gasteiger partial charge is 0.317 e. The normalized spacial score (nSPS) is 11.0. The van der Waals surface area contributed by atoms with Crippen LogP contribution in [0.3, 0.4) is 0 Å². The van der Waals surface area contributed by atoms with E-state index in [0.717, 1.165) is 0 Å². The molecule has 4 N–H and O–H groups in total. The van der Waals surface area contributed by atoms with E-state index in [1.807, 2.05) is 13.8 Å². The number of hydrogen-bond donors (Lipinski definition) is 3. The molecule has 4 amide bonds. The molecular formula is C25H32N10O5. The first-order valence-electron chi connectivity index (χ1n) is 12.6. The topological polar surface area (TPSA) is 188 Å². The summed E-state index contributed by atoms with van der Waals surface area (Å²) in [6.45, 7) is 6.77. The fourth-order valence-corrected chi connectivity index (χ4v) is 4.22. The standard InChI is InChI=1S/C25H32N10O5/c1-6-35-18(10-14(2)31-35)23(37)30-24-29-17-11-16(22(26)36)12-19(39-5)21(17)34(24)9-7-8-27-25(38)33(4)13-20-28-15(3)32-40-20/h10-12H,6-9,13H2,1-5H3,(H2,26,36)(H,27,38)(H,29,30,37). The van der Waals surface area contributed by atoms with Gasteiger partial charge in [0, 0.05) is 32.2 Å². The number of methoxy groups -OCH3 is 1. The molecule has 3 aromatic heterocycles. The molecule has 0 spiro atoms. The van der Waals surface area contributed by atoms with E-state index in [-0.39, 0.29) is 30.0 Å². The number of carbonyl (C=O) groups excluding carboxylic acids is 3. The van der Waals surface area contributed by atoms with E-state index in [1.54, 1.807) is 35.4 Å². The van der Waals surface area contributed by atoms with Gasteiger partial charge >= 0.3 is 6.03 Å². The molecule has 0 saturated carbocycles. The third kappa shape index (κ3) is 6.03. The third-order valence-corrected chi connectivity index (χ3v) is 6.09. The van der Waals surface area contributed by atoms with Crippen LogP contribution < -0.4 is 21.1 Å². The number of benzene rings is 1. The molecule has 4 aromatic rings. The Labute approximate surface area is 229 Å². The zero-order valence-electron chi connectivity index (χ0n) is 23.0. The van der Waals surface area contributed by atoms with Gasteiger partial charge in [-0.25, -0.2) is 9.78 Å². The maximum Gasteiger partial charge on any atom is 0.317 e. The molecular weight excluding hydrogens is 520 g/mol. The van der Waals surface area contributed by atoms with Gasteiger partial charge in [0.2, 0.25) is 17.7 Å². The van der Waals surface area contributed by atoms with Crippen LogP contribution in [-0.4, -0.2) is 72.9 Å². The van der Waals surface area contributed by atoms with Crippen molar-refractivity contribution in [2.24, 2.45) is 5.73 Å². The quantitative estimate of drug-likeness (QED) is 0.233. The highest BCUT2D eigenvalue weighted by atomic mass is 16.5. The first-order chi connectivity index (χ1) is 19.1. The van der Waals surface area contributed by atoms with Gasteiger partial charge in [-0.15, -0.1) is 0 Å². The lowest BCUT2D eigenvalue weighted by molar-refractivity contribution is 0.0995. The highest BCUT2D eigenvalue weighted by Gasteiger charge is 2.21. The number of rotatable bonds is 11. The van der Waals surface area contributed by atoms with Crippen molar-refractivity contribution in [2.75, 3.05) is 26.0 Å². The lowest BCUT2D eigenvalue weighted by Crippen LogP contribution is -2.37. The van der Waals surface area contributed by atoms with E-state index in [0.29, 0.717) is 65.9 Å². The first kappa shape index (κ1) is 28.1. The van der Waals surface area contributed by atoms with Crippen LogP contribution in [0.4, 0.5) is 10.7 Å². The minimum absolute atomic E-state index is 0.169. The van der Waals surface area contributed by atoms with Crippen LogP contribution in [0.5, 0.6) is 5.75 Å². The van der Waals surface area contributed by atoms with Gasteiger partial charge in [-0.05, 0) is 45.4 Å². The molecule has 0 atom stereocenters. The van der Waals surface area contributed by atoms with E-state index < -0.39 is 5.91 Å². The highest BCUT2D eigenvalue weighted by molar-refractivity contribution is 6.04. The fraction of sp³-hybridized carbons (Fsp3) is 0.400. The van der Waals surface area contributed by atoms with E-state index in [4.69, 9.17) is 15.0 Å². The van der Waals surface area contributed by atoms with Gasteiger partial charge in [-0.2, -0.15) is 10.1 Å². The van der Waals surface area contributed by atoms with E-state index in [9.17, 15) is 14.4 Å². The summed E-state index contributed by atoms with van der Waals surface area (Å²) in [4.78, 5) is 47.7. The minimum atomic E-state index is -0.634. The van der Waals surface area contributed by atoms with E-state index in [1.165, 1.54) is 18.1 Å². The van der Waals surface area contributed by atoms with Crippen molar-refractivity contribution < 1.29 is 23.6 Å². The molecule has 15 nitrogen and oxygen atoms in total. The minimum Gasteiger partial charge on any atom is -0.494 e. The van der Waals surface area contributed by atoms with Crippen LogP contribution in [0.15, 0.2) is 22.7 Å². The Kier molecular flexibility index (Phi) is 8.31. The Morgan fingerprint density at radius 3 is 2.60 bits per heavy atom. The Hall–Kier alpha value is -4.95. The van der Waals surface area contributed by atoms with Crippen molar-refractivity contribution in [1.29, 1.82) is 0 Å². The fourth-order valence-electron chi connectivity index (χ4n) is 4.22. The second kappa shape index (κ2) is 11.8. The predicted molar refractivity (Wildman–Crippen MR) is 144 cm³/mol. The van der Waals surface area contributed by atoms with Crippen molar-refractivity contribution >= 4 is 34.8 Å². The molecule has 0 fully saturated rings. The molecule has 4 rings (SSSR count). The summed E-state index contributed by atoms with van der Waals surface area (Å²) >= 11 is 0. The molecule has 0 unspecified atom stereocenters. The summed E-state index contributed by atoms with van der Waals surface area (Å²) in [6.07, 6.45) is 0.486. The number of anilines is 1. The summed E-state index contributed by atoms with van der Waals surface area (Å²) in [6, 6.07) is 4.45. The number of fused-ring (bicyclic) bond motifs is 1. The molecule has 212 valence electrons. The third-order valence-electron chi connectivity index (χ3n) is 6.09.